The molecule has 0 aliphatic rings. The van der Waals surface area contributed by atoms with Crippen molar-refractivity contribution in [3.63, 3.8) is 0 Å². The van der Waals surface area contributed by atoms with Crippen molar-refractivity contribution in [1.82, 2.24) is 0 Å². The van der Waals surface area contributed by atoms with E-state index >= 15 is 0 Å². The summed E-state index contributed by atoms with van der Waals surface area (Å²) in [7, 11) is -3.19. The van der Waals surface area contributed by atoms with E-state index < -0.39 is 8.87 Å². The second kappa shape index (κ2) is 1.81. The van der Waals surface area contributed by atoms with Crippen LogP contribution in [0.1, 0.15) is 0 Å². The minimum absolute atomic E-state index is 0.146. The Morgan fingerprint density at radius 2 is 1.83 bits per heavy atom. The molecule has 1 N–H and O–H groups in total. The van der Waals surface area contributed by atoms with E-state index in [2.05, 4.69) is 0 Å². The molecular formula is CH4O3S2. The van der Waals surface area contributed by atoms with E-state index in [0.717, 1.165) is 6.26 Å². The highest BCUT2D eigenvalue weighted by atomic mass is 33.1. The smallest absolute Gasteiger partial charge is 0.223 e. The summed E-state index contributed by atoms with van der Waals surface area (Å²) in [5.41, 5.74) is 0. The van der Waals surface area contributed by atoms with Gasteiger partial charge < -0.3 is 4.55 Å². The summed E-state index contributed by atoms with van der Waals surface area (Å²) in [5, 5.41) is 0. The molecule has 0 aromatic carbocycles. The first-order chi connectivity index (χ1) is 2.56. The van der Waals surface area contributed by atoms with Crippen LogP contribution in [-0.2, 0) is 8.87 Å². The third-order valence-corrected chi connectivity index (χ3v) is 1.22. The maximum absolute atomic E-state index is 9.71. The summed E-state index contributed by atoms with van der Waals surface area (Å²) >= 11 is -0.146. The Bertz CT molecular complexity index is 111. The van der Waals surface area contributed by atoms with Crippen LogP contribution in [0.5, 0.6) is 0 Å². The molecule has 0 aliphatic carbocycles. The van der Waals surface area contributed by atoms with E-state index in [9.17, 15) is 8.42 Å². The molecule has 0 rings (SSSR count). The first-order valence-corrected chi connectivity index (χ1v) is 4.27. The van der Waals surface area contributed by atoms with Crippen molar-refractivity contribution in [3.05, 3.63) is 0 Å². The lowest BCUT2D eigenvalue weighted by Crippen LogP contribution is -1.83. The third kappa shape index (κ3) is 4.26. The molecule has 0 radical (unpaired) electrons. The van der Waals surface area contributed by atoms with Gasteiger partial charge in [0.1, 0.15) is 11.1 Å². The number of hydrogen-bond acceptors (Lipinski definition) is 4. The van der Waals surface area contributed by atoms with Crippen LogP contribution in [0.2, 0.25) is 0 Å². The summed E-state index contributed by atoms with van der Waals surface area (Å²) in [6, 6.07) is 0. The van der Waals surface area contributed by atoms with E-state index in [-0.39, 0.29) is 11.1 Å². The van der Waals surface area contributed by atoms with E-state index in [1.807, 2.05) is 0 Å². The van der Waals surface area contributed by atoms with Crippen LogP contribution >= 0.6 is 11.1 Å². The van der Waals surface area contributed by atoms with Crippen LogP contribution in [0, 0.1) is 0 Å². The van der Waals surface area contributed by atoms with Crippen molar-refractivity contribution in [2.24, 2.45) is 0 Å². The van der Waals surface area contributed by atoms with Crippen molar-refractivity contribution >= 4 is 19.9 Å². The summed E-state index contributed by atoms with van der Waals surface area (Å²) < 4.78 is 27.2. The molecule has 0 unspecified atom stereocenters. The molecule has 3 nitrogen and oxygen atoms in total. The standard InChI is InChI=1S/CH4O3S2/c1-6(3,4)5-2/h2H,1H3. The molecular weight excluding hydrogens is 124 g/mol. The van der Waals surface area contributed by atoms with Gasteiger partial charge in [-0.25, -0.2) is 8.42 Å². The van der Waals surface area contributed by atoms with Crippen LogP contribution in [0.4, 0.5) is 0 Å². The molecule has 0 bridgehead atoms. The number of rotatable bonds is 1. The molecule has 0 saturated heterocycles. The second-order valence-corrected chi connectivity index (χ2v) is 4.60. The third-order valence-electron chi connectivity index (χ3n) is 0.135. The maximum Gasteiger partial charge on any atom is 0.223 e. The van der Waals surface area contributed by atoms with Gasteiger partial charge in [-0.2, -0.15) is 0 Å². The monoisotopic (exact) mass is 128 g/mol. The predicted octanol–water partition coefficient (Wildman–Crippen LogP) is 0.152. The van der Waals surface area contributed by atoms with Crippen LogP contribution in [0.3, 0.4) is 0 Å². The molecule has 0 saturated carbocycles. The lowest BCUT2D eigenvalue weighted by atomic mass is 12.0. The van der Waals surface area contributed by atoms with Crippen LogP contribution in [0.15, 0.2) is 0 Å². The minimum atomic E-state index is -3.19. The zero-order chi connectivity index (χ0) is 5.21. The zero-order valence-corrected chi connectivity index (χ0v) is 4.71. The van der Waals surface area contributed by atoms with E-state index in [4.69, 9.17) is 4.55 Å². The normalized spacial score (nSPS) is 11.7. The predicted molar refractivity (Wildman–Crippen MR) is 25.1 cm³/mol. The Balaban J connectivity index is 3.85. The Morgan fingerprint density at radius 1 is 1.67 bits per heavy atom. The van der Waals surface area contributed by atoms with Crippen LogP contribution in [-0.4, -0.2) is 19.2 Å². The Labute approximate surface area is 39.9 Å². The SMILES string of the molecule is CS(=O)(=O)SO. The maximum atomic E-state index is 9.71. The molecule has 0 amide bonds. The fourth-order valence-electron chi connectivity index (χ4n) is 0. The molecule has 5 heteroatoms. The van der Waals surface area contributed by atoms with Crippen LogP contribution in [0.25, 0.3) is 0 Å². The van der Waals surface area contributed by atoms with Gasteiger partial charge in [0.05, 0.1) is 6.26 Å². The molecule has 0 aromatic rings. The van der Waals surface area contributed by atoms with Crippen molar-refractivity contribution < 1.29 is 13.0 Å². The van der Waals surface area contributed by atoms with Gasteiger partial charge in [-0.15, -0.1) is 0 Å². The molecule has 38 valence electrons. The largest absolute Gasteiger partial charge is 0.317 e. The van der Waals surface area contributed by atoms with Gasteiger partial charge in [-0.3, -0.25) is 0 Å². The van der Waals surface area contributed by atoms with Gasteiger partial charge in [0.15, 0.2) is 0 Å². The van der Waals surface area contributed by atoms with E-state index in [1.165, 1.54) is 0 Å². The Morgan fingerprint density at radius 3 is 1.83 bits per heavy atom. The lowest BCUT2D eigenvalue weighted by Gasteiger charge is -1.78. The second-order valence-electron chi connectivity index (χ2n) is 0.779. The Hall–Kier alpha value is 0.260. The van der Waals surface area contributed by atoms with Gasteiger partial charge in [-0.05, 0) is 0 Å². The van der Waals surface area contributed by atoms with Crippen molar-refractivity contribution in [2.45, 2.75) is 0 Å². The lowest BCUT2D eigenvalue weighted by molar-refractivity contribution is 0.608. The molecule has 0 fully saturated rings. The number of hydrogen-bond donors (Lipinski definition) is 1. The van der Waals surface area contributed by atoms with Crippen LogP contribution < -0.4 is 0 Å². The quantitative estimate of drug-likeness (QED) is 0.403. The minimum Gasteiger partial charge on any atom is -0.317 e. The van der Waals surface area contributed by atoms with Gasteiger partial charge in [0.2, 0.25) is 8.87 Å². The highest BCUT2D eigenvalue weighted by Gasteiger charge is 1.94. The topological polar surface area (TPSA) is 54.4 Å². The summed E-state index contributed by atoms with van der Waals surface area (Å²) in [6.07, 6.45) is 0.928. The average molecular weight is 128 g/mol. The van der Waals surface area contributed by atoms with Crippen molar-refractivity contribution in [3.8, 4) is 0 Å². The molecule has 6 heavy (non-hydrogen) atoms. The first-order valence-electron chi connectivity index (χ1n) is 1.09. The summed E-state index contributed by atoms with van der Waals surface area (Å²) in [4.78, 5) is 0. The average Bonchev–Trinajstić information content (AvgIpc) is 1.35. The fraction of sp³-hybridized carbons (Fsp3) is 1.00. The van der Waals surface area contributed by atoms with Crippen molar-refractivity contribution in [2.75, 3.05) is 6.26 Å². The van der Waals surface area contributed by atoms with Gasteiger partial charge in [-0.1, -0.05) is 0 Å². The fourth-order valence-corrected chi connectivity index (χ4v) is 0. The molecule has 0 heterocycles. The van der Waals surface area contributed by atoms with E-state index in [0.29, 0.717) is 0 Å². The summed E-state index contributed by atoms with van der Waals surface area (Å²) in [6.45, 7) is 0. The highest BCUT2D eigenvalue weighted by molar-refractivity contribution is 8.69. The summed E-state index contributed by atoms with van der Waals surface area (Å²) in [5.74, 6) is 0. The van der Waals surface area contributed by atoms with E-state index in [1.54, 1.807) is 0 Å². The molecule has 0 spiro atoms. The van der Waals surface area contributed by atoms with Gasteiger partial charge in [0, 0.05) is 0 Å². The Kier molecular flexibility index (Phi) is 1.89. The highest BCUT2D eigenvalue weighted by Crippen LogP contribution is 1.99. The zero-order valence-electron chi connectivity index (χ0n) is 3.08. The first kappa shape index (κ1) is 6.26. The van der Waals surface area contributed by atoms with Gasteiger partial charge >= 0.3 is 0 Å². The van der Waals surface area contributed by atoms with Gasteiger partial charge in [0.25, 0.3) is 0 Å². The molecule has 0 aliphatic heterocycles. The molecule has 0 atom stereocenters. The van der Waals surface area contributed by atoms with Crippen molar-refractivity contribution in [1.29, 1.82) is 0 Å². The molecule has 0 aromatic heterocycles.